The number of ether oxygens (including phenoxy) is 2. The molecule has 2 rings (SSSR count). The van der Waals surface area contributed by atoms with Gasteiger partial charge in [-0.05, 0) is 36.4 Å². The monoisotopic (exact) mass is 258 g/mol. The zero-order valence-electron chi connectivity index (χ0n) is 11.0. The van der Waals surface area contributed by atoms with Gasteiger partial charge in [-0.3, -0.25) is 4.98 Å². The molecule has 0 spiro atoms. The van der Waals surface area contributed by atoms with Crippen molar-refractivity contribution in [1.29, 1.82) is 0 Å². The summed E-state index contributed by atoms with van der Waals surface area (Å²) >= 11 is 0. The standard InChI is InChI=1S/C15H18N2O2/c1-18-10-11-19-15-7-5-13(6-8-15)17-12-14-4-2-3-9-16-14/h2-9,17H,10-12H2,1H3. The summed E-state index contributed by atoms with van der Waals surface area (Å²) in [6.07, 6.45) is 1.80. The first-order chi connectivity index (χ1) is 9.38. The van der Waals surface area contributed by atoms with Crippen LogP contribution in [-0.2, 0) is 11.3 Å². The van der Waals surface area contributed by atoms with Gasteiger partial charge in [0.1, 0.15) is 12.4 Å². The Morgan fingerprint density at radius 1 is 1.05 bits per heavy atom. The highest BCUT2D eigenvalue weighted by Gasteiger charge is 1.96. The Morgan fingerprint density at radius 3 is 2.58 bits per heavy atom. The van der Waals surface area contributed by atoms with E-state index in [1.807, 2.05) is 42.5 Å². The number of aromatic nitrogens is 1. The largest absolute Gasteiger partial charge is 0.491 e. The zero-order chi connectivity index (χ0) is 13.3. The van der Waals surface area contributed by atoms with Crippen molar-refractivity contribution in [2.24, 2.45) is 0 Å². The molecule has 0 saturated heterocycles. The van der Waals surface area contributed by atoms with E-state index < -0.39 is 0 Å². The van der Waals surface area contributed by atoms with Gasteiger partial charge in [-0.2, -0.15) is 0 Å². The lowest BCUT2D eigenvalue weighted by molar-refractivity contribution is 0.146. The van der Waals surface area contributed by atoms with Crippen molar-refractivity contribution in [2.45, 2.75) is 6.54 Å². The maximum Gasteiger partial charge on any atom is 0.119 e. The molecule has 0 fully saturated rings. The van der Waals surface area contributed by atoms with E-state index in [2.05, 4.69) is 10.3 Å². The second kappa shape index (κ2) is 7.38. The van der Waals surface area contributed by atoms with Gasteiger partial charge in [-0.25, -0.2) is 0 Å². The van der Waals surface area contributed by atoms with E-state index in [9.17, 15) is 0 Å². The number of anilines is 1. The topological polar surface area (TPSA) is 43.4 Å². The lowest BCUT2D eigenvalue weighted by Gasteiger charge is -2.08. The van der Waals surface area contributed by atoms with Gasteiger partial charge in [0.25, 0.3) is 0 Å². The van der Waals surface area contributed by atoms with Crippen LogP contribution in [0.3, 0.4) is 0 Å². The molecule has 0 amide bonds. The average molecular weight is 258 g/mol. The molecule has 4 heteroatoms. The highest BCUT2D eigenvalue weighted by molar-refractivity contribution is 5.46. The van der Waals surface area contributed by atoms with Crippen LogP contribution in [-0.4, -0.2) is 25.3 Å². The molecule has 100 valence electrons. The molecule has 2 aromatic rings. The van der Waals surface area contributed by atoms with Crippen molar-refractivity contribution in [1.82, 2.24) is 4.98 Å². The van der Waals surface area contributed by atoms with Crippen molar-refractivity contribution in [2.75, 3.05) is 25.6 Å². The predicted octanol–water partition coefficient (Wildman–Crippen LogP) is 2.72. The molecular formula is C15H18N2O2. The van der Waals surface area contributed by atoms with Crippen molar-refractivity contribution in [3.63, 3.8) is 0 Å². The van der Waals surface area contributed by atoms with Gasteiger partial charge >= 0.3 is 0 Å². The third-order valence-electron chi connectivity index (χ3n) is 2.61. The lowest BCUT2D eigenvalue weighted by atomic mass is 10.3. The second-order valence-electron chi connectivity index (χ2n) is 4.04. The summed E-state index contributed by atoms with van der Waals surface area (Å²) in [5.74, 6) is 0.848. The summed E-state index contributed by atoms with van der Waals surface area (Å²) in [5, 5.41) is 3.31. The maximum atomic E-state index is 5.50. The van der Waals surface area contributed by atoms with E-state index >= 15 is 0 Å². The summed E-state index contributed by atoms with van der Waals surface area (Å²) in [6.45, 7) is 1.88. The van der Waals surface area contributed by atoms with Gasteiger partial charge in [0.15, 0.2) is 0 Å². The first-order valence-electron chi connectivity index (χ1n) is 6.24. The Morgan fingerprint density at radius 2 is 1.89 bits per heavy atom. The summed E-state index contributed by atoms with van der Waals surface area (Å²) in [6, 6.07) is 13.8. The van der Waals surface area contributed by atoms with Gasteiger partial charge in [0, 0.05) is 19.0 Å². The molecule has 1 N–H and O–H groups in total. The minimum Gasteiger partial charge on any atom is -0.491 e. The van der Waals surface area contributed by atoms with Gasteiger partial charge in [-0.15, -0.1) is 0 Å². The summed E-state index contributed by atoms with van der Waals surface area (Å²) < 4.78 is 10.4. The highest BCUT2D eigenvalue weighted by atomic mass is 16.5. The van der Waals surface area contributed by atoms with Crippen molar-refractivity contribution in [3.8, 4) is 5.75 Å². The number of pyridine rings is 1. The van der Waals surface area contributed by atoms with Crippen molar-refractivity contribution >= 4 is 5.69 Å². The van der Waals surface area contributed by atoms with Crippen molar-refractivity contribution in [3.05, 3.63) is 54.4 Å². The van der Waals surface area contributed by atoms with Crippen LogP contribution in [0.1, 0.15) is 5.69 Å². The van der Waals surface area contributed by atoms with E-state index in [1.54, 1.807) is 13.3 Å². The van der Waals surface area contributed by atoms with Gasteiger partial charge in [-0.1, -0.05) is 6.07 Å². The quantitative estimate of drug-likeness (QED) is 0.775. The number of methoxy groups -OCH3 is 1. The Bertz CT molecular complexity index is 471. The summed E-state index contributed by atoms with van der Waals surface area (Å²) in [5.41, 5.74) is 2.06. The Balaban J connectivity index is 1.81. The first-order valence-corrected chi connectivity index (χ1v) is 6.24. The fourth-order valence-electron chi connectivity index (χ4n) is 1.61. The summed E-state index contributed by atoms with van der Waals surface area (Å²) in [7, 11) is 1.66. The molecule has 0 aliphatic rings. The summed E-state index contributed by atoms with van der Waals surface area (Å²) in [4.78, 5) is 4.26. The smallest absolute Gasteiger partial charge is 0.119 e. The molecule has 0 aliphatic carbocycles. The number of nitrogens with one attached hydrogen (secondary N) is 1. The van der Waals surface area contributed by atoms with E-state index in [4.69, 9.17) is 9.47 Å². The molecule has 0 bridgehead atoms. The van der Waals surface area contributed by atoms with Crippen molar-refractivity contribution < 1.29 is 9.47 Å². The fraction of sp³-hybridized carbons (Fsp3) is 0.267. The van der Waals surface area contributed by atoms with Crippen LogP contribution in [0.15, 0.2) is 48.7 Å². The van der Waals surface area contributed by atoms with E-state index in [1.165, 1.54) is 0 Å². The molecule has 0 aliphatic heterocycles. The molecule has 0 saturated carbocycles. The first kappa shape index (κ1) is 13.4. The van der Waals surface area contributed by atoms with E-state index in [-0.39, 0.29) is 0 Å². The number of hydrogen-bond acceptors (Lipinski definition) is 4. The molecule has 0 unspecified atom stereocenters. The number of rotatable bonds is 7. The van der Waals surface area contributed by atoms with Crippen LogP contribution in [0, 0.1) is 0 Å². The van der Waals surface area contributed by atoms with Crippen LogP contribution in [0.4, 0.5) is 5.69 Å². The lowest BCUT2D eigenvalue weighted by Crippen LogP contribution is -2.04. The van der Waals surface area contributed by atoms with Crippen LogP contribution >= 0.6 is 0 Å². The third kappa shape index (κ3) is 4.60. The second-order valence-corrected chi connectivity index (χ2v) is 4.04. The predicted molar refractivity (Wildman–Crippen MR) is 75.4 cm³/mol. The van der Waals surface area contributed by atoms with Crippen LogP contribution in [0.2, 0.25) is 0 Å². The van der Waals surface area contributed by atoms with Crippen LogP contribution in [0.25, 0.3) is 0 Å². The normalized spacial score (nSPS) is 10.2. The van der Waals surface area contributed by atoms with Gasteiger partial charge in [0.2, 0.25) is 0 Å². The average Bonchev–Trinajstić information content (AvgIpc) is 2.48. The molecule has 0 atom stereocenters. The highest BCUT2D eigenvalue weighted by Crippen LogP contribution is 2.16. The molecule has 0 radical (unpaired) electrons. The number of nitrogens with zero attached hydrogens (tertiary/aromatic N) is 1. The van der Waals surface area contributed by atoms with E-state index in [0.717, 1.165) is 17.1 Å². The van der Waals surface area contributed by atoms with Gasteiger partial charge in [0.05, 0.1) is 18.8 Å². The number of hydrogen-bond donors (Lipinski definition) is 1. The molecule has 1 heterocycles. The Hall–Kier alpha value is -2.07. The third-order valence-corrected chi connectivity index (χ3v) is 2.61. The molecule has 1 aromatic heterocycles. The Labute approximate surface area is 113 Å². The minimum atomic E-state index is 0.567. The molecule has 1 aromatic carbocycles. The molecular weight excluding hydrogens is 240 g/mol. The van der Waals surface area contributed by atoms with Crippen LogP contribution in [0.5, 0.6) is 5.75 Å². The fourth-order valence-corrected chi connectivity index (χ4v) is 1.61. The van der Waals surface area contributed by atoms with E-state index in [0.29, 0.717) is 19.8 Å². The number of benzene rings is 1. The molecule has 4 nitrogen and oxygen atoms in total. The minimum absolute atomic E-state index is 0.567. The Kier molecular flexibility index (Phi) is 5.19. The van der Waals surface area contributed by atoms with Crippen LogP contribution < -0.4 is 10.1 Å². The SMILES string of the molecule is COCCOc1ccc(NCc2ccccn2)cc1. The maximum absolute atomic E-state index is 5.50. The molecule has 19 heavy (non-hydrogen) atoms. The van der Waals surface area contributed by atoms with Gasteiger partial charge < -0.3 is 14.8 Å². The zero-order valence-corrected chi connectivity index (χ0v) is 11.0.